The molecule has 0 aromatic heterocycles. The molecule has 0 bridgehead atoms. The van der Waals surface area contributed by atoms with Crippen molar-refractivity contribution in [3.8, 4) is 0 Å². The first-order valence-electron chi connectivity index (χ1n) is 5.87. The van der Waals surface area contributed by atoms with Crippen LogP contribution in [0.5, 0.6) is 0 Å². The van der Waals surface area contributed by atoms with Crippen molar-refractivity contribution in [2.24, 2.45) is 5.92 Å². The minimum Gasteiger partial charge on any atom is -0.450 e. The van der Waals surface area contributed by atoms with E-state index in [1.807, 2.05) is 6.92 Å². The number of carbonyl (C=O) groups is 1. The van der Waals surface area contributed by atoms with Gasteiger partial charge in [-0.2, -0.15) is 0 Å². The second kappa shape index (κ2) is 4.59. The van der Waals surface area contributed by atoms with Gasteiger partial charge in [0.25, 0.3) is 0 Å². The Morgan fingerprint density at radius 3 is 2.81 bits per heavy atom. The summed E-state index contributed by atoms with van der Waals surface area (Å²) in [5.41, 5.74) is 0. The van der Waals surface area contributed by atoms with Crippen LogP contribution < -0.4 is 0 Å². The molecule has 92 valence electrons. The van der Waals surface area contributed by atoms with Crippen LogP contribution in [0, 0.1) is 5.92 Å². The third kappa shape index (κ3) is 2.01. The fourth-order valence-corrected chi connectivity index (χ4v) is 2.29. The summed E-state index contributed by atoms with van der Waals surface area (Å²) >= 11 is 0. The number of hydrogen-bond acceptors (Lipinski definition) is 4. The average molecular weight is 229 g/mol. The van der Waals surface area contributed by atoms with Gasteiger partial charge in [0.15, 0.2) is 5.79 Å². The maximum Gasteiger partial charge on any atom is 0.409 e. The summed E-state index contributed by atoms with van der Waals surface area (Å²) in [5, 5.41) is 0. The molecule has 1 spiro atoms. The van der Waals surface area contributed by atoms with Crippen molar-refractivity contribution in [3.05, 3.63) is 0 Å². The van der Waals surface area contributed by atoms with Gasteiger partial charge in [0.2, 0.25) is 0 Å². The van der Waals surface area contributed by atoms with Gasteiger partial charge in [0, 0.05) is 12.5 Å². The van der Waals surface area contributed by atoms with E-state index in [0.717, 1.165) is 6.42 Å². The molecule has 16 heavy (non-hydrogen) atoms. The second-order valence-corrected chi connectivity index (χ2v) is 4.32. The van der Waals surface area contributed by atoms with Crippen LogP contribution in [0.3, 0.4) is 0 Å². The van der Waals surface area contributed by atoms with Crippen molar-refractivity contribution in [1.29, 1.82) is 0 Å². The van der Waals surface area contributed by atoms with Gasteiger partial charge in [0.1, 0.15) is 0 Å². The van der Waals surface area contributed by atoms with Gasteiger partial charge in [-0.1, -0.05) is 6.92 Å². The van der Waals surface area contributed by atoms with Crippen LogP contribution in [0.1, 0.15) is 20.3 Å². The molecular formula is C11H19NO4. The normalized spacial score (nSPS) is 28.4. The topological polar surface area (TPSA) is 48.0 Å². The van der Waals surface area contributed by atoms with Gasteiger partial charge in [-0.3, -0.25) is 0 Å². The molecule has 0 aromatic rings. The first-order valence-corrected chi connectivity index (χ1v) is 5.87. The largest absolute Gasteiger partial charge is 0.450 e. The number of carbonyl (C=O) groups excluding carboxylic acids is 1. The first kappa shape index (κ1) is 11.7. The zero-order valence-electron chi connectivity index (χ0n) is 9.90. The Balaban J connectivity index is 2.02. The Kier molecular flexibility index (Phi) is 3.35. The lowest BCUT2D eigenvalue weighted by Crippen LogP contribution is -2.55. The van der Waals surface area contributed by atoms with E-state index in [2.05, 4.69) is 6.92 Å². The number of hydrogen-bond donors (Lipinski definition) is 0. The molecule has 2 aliphatic heterocycles. The maximum absolute atomic E-state index is 11.6. The fraction of sp³-hybridized carbons (Fsp3) is 0.909. The number of likely N-dealkylation sites (tertiary alicyclic amines) is 1. The van der Waals surface area contributed by atoms with E-state index in [1.54, 1.807) is 4.90 Å². The maximum atomic E-state index is 11.6. The molecule has 2 fully saturated rings. The Bertz CT molecular complexity index is 263. The summed E-state index contributed by atoms with van der Waals surface area (Å²) in [5.74, 6) is -0.272. The zero-order chi connectivity index (χ0) is 11.6. The van der Waals surface area contributed by atoms with Crippen LogP contribution in [0.15, 0.2) is 0 Å². The van der Waals surface area contributed by atoms with Crippen molar-refractivity contribution < 1.29 is 19.0 Å². The van der Waals surface area contributed by atoms with Gasteiger partial charge in [-0.05, 0) is 13.3 Å². The van der Waals surface area contributed by atoms with Crippen molar-refractivity contribution in [2.75, 3.05) is 32.9 Å². The average Bonchev–Trinajstić information content (AvgIpc) is 2.72. The summed E-state index contributed by atoms with van der Waals surface area (Å²) in [4.78, 5) is 13.3. The van der Waals surface area contributed by atoms with E-state index in [1.165, 1.54) is 0 Å². The molecule has 5 nitrogen and oxygen atoms in total. The lowest BCUT2D eigenvalue weighted by molar-refractivity contribution is -0.215. The monoisotopic (exact) mass is 229 g/mol. The summed E-state index contributed by atoms with van der Waals surface area (Å²) in [6.07, 6.45) is 0.617. The molecule has 0 N–H and O–H groups in total. The lowest BCUT2D eigenvalue weighted by atomic mass is 9.92. The molecule has 1 unspecified atom stereocenters. The highest BCUT2D eigenvalue weighted by Gasteiger charge is 2.47. The number of rotatable bonds is 1. The molecule has 2 saturated heterocycles. The highest BCUT2D eigenvalue weighted by molar-refractivity contribution is 5.67. The van der Waals surface area contributed by atoms with E-state index in [4.69, 9.17) is 14.2 Å². The minimum absolute atomic E-state index is 0.270. The van der Waals surface area contributed by atoms with Gasteiger partial charge in [-0.25, -0.2) is 4.79 Å². The Hall–Kier alpha value is -0.810. The summed E-state index contributed by atoms with van der Waals surface area (Å²) < 4.78 is 16.4. The van der Waals surface area contributed by atoms with E-state index >= 15 is 0 Å². The minimum atomic E-state index is -0.592. The standard InChI is InChI=1S/C11H19NO4/c1-3-14-10(13)12-5-4-9(2)11(8-12)15-6-7-16-11/h9H,3-8H2,1-2H3. The number of nitrogens with zero attached hydrogens (tertiary/aromatic N) is 1. The molecule has 2 heterocycles. The van der Waals surface area contributed by atoms with Crippen LogP contribution in [0.4, 0.5) is 4.79 Å². The Morgan fingerprint density at radius 2 is 2.19 bits per heavy atom. The molecule has 2 aliphatic rings. The van der Waals surface area contributed by atoms with Crippen molar-refractivity contribution >= 4 is 6.09 Å². The molecule has 2 rings (SSSR count). The van der Waals surface area contributed by atoms with Crippen LogP contribution in [-0.2, 0) is 14.2 Å². The highest BCUT2D eigenvalue weighted by atomic mass is 16.7. The number of piperidine rings is 1. The van der Waals surface area contributed by atoms with Gasteiger partial charge >= 0.3 is 6.09 Å². The second-order valence-electron chi connectivity index (χ2n) is 4.32. The predicted octanol–water partition coefficient (Wildman–Crippen LogP) is 1.23. The van der Waals surface area contributed by atoms with Crippen molar-refractivity contribution in [1.82, 2.24) is 4.90 Å². The van der Waals surface area contributed by atoms with Crippen LogP contribution in [0.2, 0.25) is 0 Å². The van der Waals surface area contributed by atoms with E-state index < -0.39 is 5.79 Å². The van der Waals surface area contributed by atoms with Gasteiger partial charge in [-0.15, -0.1) is 0 Å². The van der Waals surface area contributed by atoms with Crippen molar-refractivity contribution in [3.63, 3.8) is 0 Å². The molecule has 0 radical (unpaired) electrons. The van der Waals surface area contributed by atoms with Crippen LogP contribution in [0.25, 0.3) is 0 Å². The third-order valence-electron chi connectivity index (χ3n) is 3.30. The summed E-state index contributed by atoms with van der Waals surface area (Å²) in [6, 6.07) is 0. The highest BCUT2D eigenvalue weighted by Crippen LogP contribution is 2.35. The Morgan fingerprint density at radius 1 is 1.50 bits per heavy atom. The summed E-state index contributed by atoms with van der Waals surface area (Å²) in [7, 11) is 0. The van der Waals surface area contributed by atoms with E-state index in [9.17, 15) is 4.79 Å². The zero-order valence-corrected chi connectivity index (χ0v) is 9.90. The number of ether oxygens (including phenoxy) is 3. The molecule has 0 saturated carbocycles. The third-order valence-corrected chi connectivity index (χ3v) is 3.30. The SMILES string of the molecule is CCOC(=O)N1CCC(C)C2(C1)OCCO2. The Labute approximate surface area is 95.6 Å². The predicted molar refractivity (Wildman–Crippen MR) is 57.0 cm³/mol. The molecule has 0 aliphatic carbocycles. The summed E-state index contributed by atoms with van der Waals surface area (Å²) in [6.45, 7) is 6.74. The molecule has 1 atom stereocenters. The van der Waals surface area contributed by atoms with Crippen LogP contribution >= 0.6 is 0 Å². The number of amides is 1. The lowest BCUT2D eigenvalue weighted by Gasteiger charge is -2.42. The van der Waals surface area contributed by atoms with Crippen LogP contribution in [-0.4, -0.2) is 49.7 Å². The van der Waals surface area contributed by atoms with Gasteiger partial charge in [0.05, 0.1) is 26.4 Å². The molecule has 0 aromatic carbocycles. The molecular weight excluding hydrogens is 210 g/mol. The van der Waals surface area contributed by atoms with E-state index in [-0.39, 0.29) is 6.09 Å². The van der Waals surface area contributed by atoms with Gasteiger partial charge < -0.3 is 19.1 Å². The molecule has 5 heteroatoms. The molecule has 1 amide bonds. The first-order chi connectivity index (χ1) is 7.68. The van der Waals surface area contributed by atoms with E-state index in [0.29, 0.717) is 38.8 Å². The smallest absolute Gasteiger partial charge is 0.409 e. The quantitative estimate of drug-likeness (QED) is 0.678. The van der Waals surface area contributed by atoms with Crippen molar-refractivity contribution in [2.45, 2.75) is 26.1 Å². The fourth-order valence-electron chi connectivity index (χ4n) is 2.29.